The molecular weight excluding hydrogens is 236 g/mol. The summed E-state index contributed by atoms with van der Waals surface area (Å²) in [6.07, 6.45) is 5.50. The molecule has 2 aliphatic rings. The third-order valence-electron chi connectivity index (χ3n) is 4.12. The second kappa shape index (κ2) is 5.67. The van der Waals surface area contributed by atoms with Crippen LogP contribution in [-0.4, -0.2) is 57.0 Å². The monoisotopic (exact) mass is 260 g/mol. The summed E-state index contributed by atoms with van der Waals surface area (Å²) in [7, 11) is -0.529. The van der Waals surface area contributed by atoms with Gasteiger partial charge in [-0.3, -0.25) is 0 Å². The van der Waals surface area contributed by atoms with Gasteiger partial charge in [0, 0.05) is 18.6 Å². The summed E-state index contributed by atoms with van der Waals surface area (Å²) in [5, 5.41) is 3.55. The maximum absolute atomic E-state index is 11.3. The minimum absolute atomic E-state index is 0.366. The average Bonchev–Trinajstić information content (AvgIpc) is 2.30. The first-order valence-corrected chi connectivity index (χ1v) is 8.53. The van der Waals surface area contributed by atoms with E-state index < -0.39 is 9.84 Å². The fraction of sp³-hybridized carbons (Fsp3) is 1.00. The Morgan fingerprint density at radius 1 is 1.18 bits per heavy atom. The molecule has 1 atom stereocenters. The lowest BCUT2D eigenvalue weighted by Gasteiger charge is -2.34. The molecule has 0 aromatic rings. The fourth-order valence-corrected chi connectivity index (χ4v) is 4.29. The first kappa shape index (κ1) is 13.3. The number of likely N-dealkylation sites (tertiary alicyclic amines) is 1. The number of hydrogen-bond acceptors (Lipinski definition) is 4. The van der Waals surface area contributed by atoms with E-state index in [9.17, 15) is 8.42 Å². The number of sulfone groups is 1. The number of likely N-dealkylation sites (N-methyl/N-ethyl adjacent to an activating group) is 1. The number of hydrogen-bond donors (Lipinski definition) is 1. The Labute approximate surface area is 105 Å². The first-order valence-electron chi connectivity index (χ1n) is 6.71. The molecule has 1 N–H and O–H groups in total. The van der Waals surface area contributed by atoms with Crippen molar-refractivity contribution in [1.82, 2.24) is 10.2 Å². The molecule has 2 rings (SSSR count). The molecule has 17 heavy (non-hydrogen) atoms. The minimum Gasteiger partial charge on any atom is -0.312 e. The lowest BCUT2D eigenvalue weighted by Crippen LogP contribution is -2.47. The molecular formula is C12H24N2O2S. The van der Waals surface area contributed by atoms with Gasteiger partial charge < -0.3 is 10.2 Å². The highest BCUT2D eigenvalue weighted by Crippen LogP contribution is 2.16. The van der Waals surface area contributed by atoms with E-state index in [4.69, 9.17) is 0 Å². The smallest absolute Gasteiger partial charge is 0.150 e. The van der Waals surface area contributed by atoms with Crippen LogP contribution in [0, 0.1) is 0 Å². The second-order valence-electron chi connectivity index (χ2n) is 5.46. The average molecular weight is 260 g/mol. The predicted octanol–water partition coefficient (Wildman–Crippen LogP) is 0.638. The zero-order valence-electron chi connectivity index (χ0n) is 10.7. The molecule has 0 aromatic heterocycles. The summed E-state index contributed by atoms with van der Waals surface area (Å²) in [5.74, 6) is 0.732. The van der Waals surface area contributed by atoms with Crippen LogP contribution in [0.2, 0.25) is 0 Å². The molecule has 0 spiro atoms. The van der Waals surface area contributed by atoms with Crippen LogP contribution in [0.15, 0.2) is 0 Å². The summed E-state index contributed by atoms with van der Waals surface area (Å²) in [4.78, 5) is 2.43. The van der Waals surface area contributed by atoms with E-state index in [2.05, 4.69) is 17.3 Å². The molecule has 100 valence electrons. The van der Waals surface area contributed by atoms with Crippen LogP contribution in [0.4, 0.5) is 0 Å². The van der Waals surface area contributed by atoms with Gasteiger partial charge in [-0.25, -0.2) is 8.42 Å². The zero-order valence-corrected chi connectivity index (χ0v) is 11.5. The highest BCUT2D eigenvalue weighted by atomic mass is 32.2. The van der Waals surface area contributed by atoms with E-state index in [-0.39, 0.29) is 0 Å². The molecule has 0 aliphatic carbocycles. The summed E-state index contributed by atoms with van der Waals surface area (Å²) in [6, 6.07) is 1.05. The molecule has 0 radical (unpaired) electrons. The highest BCUT2D eigenvalue weighted by molar-refractivity contribution is 7.91. The zero-order chi connectivity index (χ0) is 12.3. The van der Waals surface area contributed by atoms with Crippen molar-refractivity contribution in [3.63, 3.8) is 0 Å². The van der Waals surface area contributed by atoms with Crippen molar-refractivity contribution in [2.24, 2.45) is 0 Å². The third-order valence-corrected chi connectivity index (χ3v) is 5.83. The molecule has 2 saturated heterocycles. The van der Waals surface area contributed by atoms with Gasteiger partial charge in [0.2, 0.25) is 0 Å². The molecule has 0 saturated carbocycles. The lowest BCUT2D eigenvalue weighted by molar-refractivity contribution is 0.177. The van der Waals surface area contributed by atoms with Crippen molar-refractivity contribution in [2.45, 2.75) is 44.2 Å². The van der Waals surface area contributed by atoms with Crippen LogP contribution >= 0.6 is 0 Å². The fourth-order valence-electron chi connectivity index (χ4n) is 2.80. The largest absolute Gasteiger partial charge is 0.312 e. The Balaban J connectivity index is 1.72. The SMILES string of the molecule is CN1CCCCC1CNC1CCS(=O)(=O)CC1. The molecule has 2 heterocycles. The van der Waals surface area contributed by atoms with E-state index in [0.717, 1.165) is 19.4 Å². The molecule has 1 unspecified atom stereocenters. The maximum atomic E-state index is 11.3. The molecule has 5 heteroatoms. The van der Waals surface area contributed by atoms with E-state index in [0.29, 0.717) is 23.6 Å². The van der Waals surface area contributed by atoms with Crippen molar-refractivity contribution in [3.8, 4) is 0 Å². The summed E-state index contributed by atoms with van der Waals surface area (Å²) in [6.45, 7) is 2.21. The number of rotatable bonds is 3. The predicted molar refractivity (Wildman–Crippen MR) is 69.9 cm³/mol. The second-order valence-corrected chi connectivity index (χ2v) is 7.77. The summed E-state index contributed by atoms with van der Waals surface area (Å²) < 4.78 is 22.6. The summed E-state index contributed by atoms with van der Waals surface area (Å²) >= 11 is 0. The van der Waals surface area contributed by atoms with Gasteiger partial charge in [-0.1, -0.05) is 6.42 Å². The quantitative estimate of drug-likeness (QED) is 0.809. The number of nitrogens with zero attached hydrogens (tertiary/aromatic N) is 1. The molecule has 0 bridgehead atoms. The van der Waals surface area contributed by atoms with Gasteiger partial charge in [0.1, 0.15) is 9.84 Å². The Kier molecular flexibility index (Phi) is 4.44. The minimum atomic E-state index is -2.72. The van der Waals surface area contributed by atoms with Crippen LogP contribution in [0.25, 0.3) is 0 Å². The van der Waals surface area contributed by atoms with Gasteiger partial charge in [0.05, 0.1) is 11.5 Å². The standard InChI is InChI=1S/C12H24N2O2S/c1-14-7-3-2-4-12(14)10-13-11-5-8-17(15,16)9-6-11/h11-13H,2-10H2,1H3. The topological polar surface area (TPSA) is 49.4 Å². The van der Waals surface area contributed by atoms with Gasteiger partial charge in [0.15, 0.2) is 0 Å². The maximum Gasteiger partial charge on any atom is 0.150 e. The normalized spacial score (nSPS) is 31.5. The van der Waals surface area contributed by atoms with Gasteiger partial charge >= 0.3 is 0 Å². The first-order chi connectivity index (χ1) is 8.07. The van der Waals surface area contributed by atoms with Gasteiger partial charge in [-0.05, 0) is 39.3 Å². The van der Waals surface area contributed by atoms with Gasteiger partial charge in [0.25, 0.3) is 0 Å². The molecule has 0 amide bonds. The molecule has 0 aromatic carbocycles. The number of nitrogens with one attached hydrogen (secondary N) is 1. The van der Waals surface area contributed by atoms with Gasteiger partial charge in [-0.2, -0.15) is 0 Å². The van der Waals surface area contributed by atoms with E-state index in [1.54, 1.807) is 0 Å². The van der Waals surface area contributed by atoms with E-state index in [1.165, 1.54) is 25.8 Å². The summed E-state index contributed by atoms with van der Waals surface area (Å²) in [5.41, 5.74) is 0. The van der Waals surface area contributed by atoms with Crippen LogP contribution in [0.1, 0.15) is 32.1 Å². The Bertz CT molecular complexity index is 328. The van der Waals surface area contributed by atoms with Crippen LogP contribution in [0.5, 0.6) is 0 Å². The Morgan fingerprint density at radius 3 is 2.53 bits per heavy atom. The van der Waals surface area contributed by atoms with Crippen molar-refractivity contribution in [3.05, 3.63) is 0 Å². The van der Waals surface area contributed by atoms with Crippen molar-refractivity contribution >= 4 is 9.84 Å². The van der Waals surface area contributed by atoms with E-state index in [1.807, 2.05) is 0 Å². The van der Waals surface area contributed by atoms with Crippen LogP contribution in [0.3, 0.4) is 0 Å². The van der Waals surface area contributed by atoms with Crippen molar-refractivity contribution in [2.75, 3.05) is 31.6 Å². The third kappa shape index (κ3) is 3.93. The van der Waals surface area contributed by atoms with E-state index >= 15 is 0 Å². The molecule has 2 fully saturated rings. The van der Waals surface area contributed by atoms with Crippen LogP contribution < -0.4 is 5.32 Å². The molecule has 4 nitrogen and oxygen atoms in total. The Hall–Kier alpha value is -0.130. The van der Waals surface area contributed by atoms with Gasteiger partial charge in [-0.15, -0.1) is 0 Å². The van der Waals surface area contributed by atoms with Crippen molar-refractivity contribution in [1.29, 1.82) is 0 Å². The molecule has 2 aliphatic heterocycles. The number of piperidine rings is 1. The van der Waals surface area contributed by atoms with Crippen molar-refractivity contribution < 1.29 is 8.42 Å². The lowest BCUT2D eigenvalue weighted by atomic mass is 10.0. The highest BCUT2D eigenvalue weighted by Gasteiger charge is 2.25. The van der Waals surface area contributed by atoms with Crippen LogP contribution in [-0.2, 0) is 9.84 Å². The Morgan fingerprint density at radius 2 is 1.88 bits per heavy atom.